The first-order chi connectivity index (χ1) is 12.4. The van der Waals surface area contributed by atoms with Gasteiger partial charge in [0.05, 0.1) is 6.54 Å². The average Bonchev–Trinajstić information content (AvgIpc) is 2.61. The summed E-state index contributed by atoms with van der Waals surface area (Å²) in [6.45, 7) is 2.16. The maximum Gasteiger partial charge on any atom is 0.411 e. The molecule has 2 rings (SSSR count). The van der Waals surface area contributed by atoms with Gasteiger partial charge in [0, 0.05) is 18.2 Å². The normalized spacial score (nSPS) is 11.5. The van der Waals surface area contributed by atoms with Crippen LogP contribution in [0, 0.1) is 0 Å². The summed E-state index contributed by atoms with van der Waals surface area (Å²) in [5.74, 6) is 0.550. The van der Waals surface area contributed by atoms with Crippen molar-refractivity contribution in [1.82, 2.24) is 4.90 Å². The zero-order valence-corrected chi connectivity index (χ0v) is 15.3. The number of aromatic hydroxyl groups is 1. The molecule has 0 aliphatic rings. The fourth-order valence-electron chi connectivity index (χ4n) is 2.10. The minimum absolute atomic E-state index is 0.111. The van der Waals surface area contributed by atoms with E-state index < -0.39 is 11.7 Å². The lowest BCUT2D eigenvalue weighted by molar-refractivity contribution is 0.0988. The van der Waals surface area contributed by atoms with Crippen LogP contribution < -0.4 is 4.74 Å². The number of likely N-dealkylation sites (N-methyl/N-ethyl adjacent to an activating group) is 1. The van der Waals surface area contributed by atoms with Crippen LogP contribution in [0.25, 0.3) is 0 Å². The van der Waals surface area contributed by atoms with Crippen molar-refractivity contribution >= 4 is 23.5 Å². The topological polar surface area (TPSA) is 76.1 Å². The van der Waals surface area contributed by atoms with E-state index in [0.717, 1.165) is 0 Å². The second-order valence-electron chi connectivity index (χ2n) is 5.60. The number of benzene rings is 2. The van der Waals surface area contributed by atoms with Gasteiger partial charge in [-0.25, -0.2) is 4.79 Å². The molecule has 0 heterocycles. The first-order valence-electron chi connectivity index (χ1n) is 7.99. The number of carbonyl (C=O) groups is 2. The SMILES string of the molecule is CC(Cl)OC(=O)N(C)CCOc1ccc(C(=O)c2ccc(O)cc2)cc1. The van der Waals surface area contributed by atoms with Crippen molar-refractivity contribution in [3.63, 3.8) is 0 Å². The molecule has 0 fully saturated rings. The highest BCUT2D eigenvalue weighted by molar-refractivity contribution is 6.19. The minimum atomic E-state index is -0.690. The van der Waals surface area contributed by atoms with Gasteiger partial charge in [-0.05, 0) is 55.5 Å². The summed E-state index contributed by atoms with van der Waals surface area (Å²) in [5.41, 5.74) is 0.314. The van der Waals surface area contributed by atoms with Gasteiger partial charge in [-0.1, -0.05) is 11.6 Å². The third-order valence-electron chi connectivity index (χ3n) is 3.52. The number of ether oxygens (including phenoxy) is 2. The van der Waals surface area contributed by atoms with E-state index in [2.05, 4.69) is 0 Å². The first-order valence-corrected chi connectivity index (χ1v) is 8.43. The van der Waals surface area contributed by atoms with Gasteiger partial charge in [0.25, 0.3) is 0 Å². The van der Waals surface area contributed by atoms with E-state index in [9.17, 15) is 14.7 Å². The molecule has 0 spiro atoms. The van der Waals surface area contributed by atoms with Crippen LogP contribution in [0.4, 0.5) is 4.79 Å². The second kappa shape index (κ2) is 9.10. The number of ketones is 1. The molecule has 7 heteroatoms. The van der Waals surface area contributed by atoms with Gasteiger partial charge in [-0.2, -0.15) is 0 Å². The highest BCUT2D eigenvalue weighted by atomic mass is 35.5. The standard InChI is InChI=1S/C19H20ClNO5/c1-13(20)26-19(24)21(2)11-12-25-17-9-5-15(6-10-17)18(23)14-3-7-16(22)8-4-14/h3-10,13,22H,11-12H2,1-2H3. The molecule has 26 heavy (non-hydrogen) atoms. The molecule has 0 bridgehead atoms. The Bertz CT molecular complexity index is 744. The molecule has 0 aliphatic heterocycles. The van der Waals surface area contributed by atoms with Gasteiger partial charge in [0.15, 0.2) is 11.3 Å². The van der Waals surface area contributed by atoms with E-state index in [1.807, 2.05) is 0 Å². The van der Waals surface area contributed by atoms with Crippen molar-refractivity contribution in [2.24, 2.45) is 0 Å². The van der Waals surface area contributed by atoms with E-state index >= 15 is 0 Å². The maximum atomic E-state index is 12.3. The second-order valence-corrected chi connectivity index (χ2v) is 6.21. The van der Waals surface area contributed by atoms with Crippen molar-refractivity contribution in [3.05, 3.63) is 59.7 Å². The van der Waals surface area contributed by atoms with Gasteiger partial charge >= 0.3 is 6.09 Å². The van der Waals surface area contributed by atoms with Gasteiger partial charge < -0.3 is 19.5 Å². The monoisotopic (exact) mass is 377 g/mol. The van der Waals surface area contributed by atoms with Crippen LogP contribution in [-0.2, 0) is 4.74 Å². The molecule has 1 N–H and O–H groups in total. The highest BCUT2D eigenvalue weighted by Crippen LogP contribution is 2.17. The fraction of sp³-hybridized carbons (Fsp3) is 0.263. The Labute approximate surface area is 156 Å². The zero-order chi connectivity index (χ0) is 19.1. The molecule has 0 saturated carbocycles. The Morgan fingerprint density at radius 3 is 2.15 bits per heavy atom. The molecule has 0 saturated heterocycles. The minimum Gasteiger partial charge on any atom is -0.508 e. The van der Waals surface area contributed by atoms with Gasteiger partial charge in [0.2, 0.25) is 0 Å². The number of phenols is 1. The number of hydrogen-bond donors (Lipinski definition) is 1. The van der Waals surface area contributed by atoms with Gasteiger partial charge in [-0.3, -0.25) is 4.79 Å². The van der Waals surface area contributed by atoms with E-state index in [1.165, 1.54) is 17.0 Å². The molecule has 0 aliphatic carbocycles. The van der Waals surface area contributed by atoms with Crippen molar-refractivity contribution < 1.29 is 24.2 Å². The zero-order valence-electron chi connectivity index (χ0n) is 14.5. The Hall–Kier alpha value is -2.73. The lowest BCUT2D eigenvalue weighted by atomic mass is 10.0. The van der Waals surface area contributed by atoms with Gasteiger partial charge in [0.1, 0.15) is 18.1 Å². The fourth-order valence-corrected chi connectivity index (χ4v) is 2.18. The summed E-state index contributed by atoms with van der Waals surface area (Å²) in [5, 5.41) is 9.28. The average molecular weight is 378 g/mol. The number of carbonyl (C=O) groups excluding carboxylic acids is 2. The summed E-state index contributed by atoms with van der Waals surface area (Å²) in [4.78, 5) is 25.3. The predicted molar refractivity (Wildman–Crippen MR) is 97.9 cm³/mol. The summed E-state index contributed by atoms with van der Waals surface area (Å²) < 4.78 is 10.4. The number of alkyl halides is 1. The van der Waals surface area contributed by atoms with Crippen LogP contribution in [0.15, 0.2) is 48.5 Å². The number of nitrogens with zero attached hydrogens (tertiary/aromatic N) is 1. The van der Waals surface area contributed by atoms with Crippen molar-refractivity contribution in [3.8, 4) is 11.5 Å². The van der Waals surface area contributed by atoms with E-state index in [0.29, 0.717) is 23.4 Å². The van der Waals surface area contributed by atoms with Crippen LogP contribution >= 0.6 is 11.6 Å². The molecular formula is C19H20ClNO5. The summed E-state index contributed by atoms with van der Waals surface area (Å²) in [7, 11) is 1.59. The Morgan fingerprint density at radius 2 is 1.62 bits per heavy atom. The van der Waals surface area contributed by atoms with Crippen LogP contribution in [0.1, 0.15) is 22.8 Å². The molecule has 6 nitrogen and oxygen atoms in total. The number of hydrogen-bond acceptors (Lipinski definition) is 5. The van der Waals surface area contributed by atoms with Crippen molar-refractivity contribution in [2.45, 2.75) is 12.5 Å². The van der Waals surface area contributed by atoms with Crippen LogP contribution in [0.5, 0.6) is 11.5 Å². The van der Waals surface area contributed by atoms with E-state index in [1.54, 1.807) is 50.4 Å². The highest BCUT2D eigenvalue weighted by Gasteiger charge is 2.13. The van der Waals surface area contributed by atoms with Gasteiger partial charge in [-0.15, -0.1) is 0 Å². The lowest BCUT2D eigenvalue weighted by Gasteiger charge is -2.18. The van der Waals surface area contributed by atoms with E-state index in [-0.39, 0.29) is 18.1 Å². The predicted octanol–water partition coefficient (Wildman–Crippen LogP) is 3.66. The Morgan fingerprint density at radius 1 is 1.08 bits per heavy atom. The Balaban J connectivity index is 1.86. The smallest absolute Gasteiger partial charge is 0.411 e. The summed E-state index contributed by atoms with van der Waals surface area (Å²) >= 11 is 5.60. The number of rotatable bonds is 7. The van der Waals surface area contributed by atoms with E-state index in [4.69, 9.17) is 21.1 Å². The maximum absolute atomic E-state index is 12.3. The number of halogens is 1. The molecule has 138 valence electrons. The molecule has 0 radical (unpaired) electrons. The quantitative estimate of drug-likeness (QED) is 0.588. The van der Waals surface area contributed by atoms with Crippen LogP contribution in [-0.4, -0.2) is 47.6 Å². The first kappa shape index (κ1) is 19.6. The number of amides is 1. The molecule has 1 unspecified atom stereocenters. The molecular weight excluding hydrogens is 358 g/mol. The molecule has 2 aromatic carbocycles. The lowest BCUT2D eigenvalue weighted by Crippen LogP contribution is -2.32. The van der Waals surface area contributed by atoms with Crippen LogP contribution in [0.3, 0.4) is 0 Å². The third kappa shape index (κ3) is 5.67. The Kier molecular flexibility index (Phi) is 6.86. The summed E-state index contributed by atoms with van der Waals surface area (Å²) in [6.07, 6.45) is -0.522. The van der Waals surface area contributed by atoms with Crippen molar-refractivity contribution in [1.29, 1.82) is 0 Å². The molecule has 1 atom stereocenters. The molecule has 0 aromatic heterocycles. The summed E-state index contributed by atoms with van der Waals surface area (Å²) in [6, 6.07) is 12.8. The molecule has 2 aromatic rings. The molecule has 1 amide bonds. The largest absolute Gasteiger partial charge is 0.508 e. The van der Waals surface area contributed by atoms with Crippen molar-refractivity contribution in [2.75, 3.05) is 20.2 Å². The third-order valence-corrected chi connectivity index (χ3v) is 3.61. The van der Waals surface area contributed by atoms with Crippen LogP contribution in [0.2, 0.25) is 0 Å². The number of phenolic OH excluding ortho intramolecular Hbond substituents is 1.